The monoisotopic (exact) mass is 319 g/mol. The molecule has 0 unspecified atom stereocenters. The van der Waals surface area contributed by atoms with Crippen molar-refractivity contribution < 1.29 is 9.57 Å². The molecule has 0 saturated carbocycles. The van der Waals surface area contributed by atoms with E-state index < -0.39 is 0 Å². The molecule has 0 aliphatic carbocycles. The van der Waals surface area contributed by atoms with Crippen LogP contribution in [0.4, 0.5) is 0 Å². The summed E-state index contributed by atoms with van der Waals surface area (Å²) in [5.41, 5.74) is 1.98. The van der Waals surface area contributed by atoms with Gasteiger partial charge in [-0.05, 0) is 18.2 Å². The van der Waals surface area contributed by atoms with Crippen LogP contribution in [0.2, 0.25) is 0 Å². The van der Waals surface area contributed by atoms with E-state index in [1.807, 2.05) is 48.5 Å². The molecule has 0 spiro atoms. The molecule has 3 nitrogen and oxygen atoms in total. The molecule has 98 valence electrons. The highest BCUT2D eigenvalue weighted by atomic mass is 79.9. The Morgan fingerprint density at radius 3 is 2.63 bits per heavy atom. The third-order valence-electron chi connectivity index (χ3n) is 2.56. The smallest absolute Gasteiger partial charge is 0.128 e. The summed E-state index contributed by atoms with van der Waals surface area (Å²) in [7, 11) is 1.51. The van der Waals surface area contributed by atoms with Gasteiger partial charge in [-0.3, -0.25) is 0 Å². The predicted molar refractivity (Wildman–Crippen MR) is 79.5 cm³/mol. The maximum absolute atomic E-state index is 5.82. The van der Waals surface area contributed by atoms with Gasteiger partial charge in [0.05, 0.1) is 6.21 Å². The average Bonchev–Trinajstić information content (AvgIpc) is 2.45. The van der Waals surface area contributed by atoms with Gasteiger partial charge in [-0.15, -0.1) is 0 Å². The Morgan fingerprint density at radius 2 is 1.84 bits per heavy atom. The van der Waals surface area contributed by atoms with Crippen molar-refractivity contribution in [2.24, 2.45) is 5.16 Å². The number of halogens is 1. The second-order valence-electron chi connectivity index (χ2n) is 3.83. The van der Waals surface area contributed by atoms with Gasteiger partial charge in [-0.25, -0.2) is 0 Å². The van der Waals surface area contributed by atoms with Crippen LogP contribution in [0.1, 0.15) is 11.1 Å². The molecule has 4 heteroatoms. The van der Waals surface area contributed by atoms with Crippen LogP contribution >= 0.6 is 15.9 Å². The summed E-state index contributed by atoms with van der Waals surface area (Å²) in [6.07, 6.45) is 1.63. The summed E-state index contributed by atoms with van der Waals surface area (Å²) < 4.78 is 6.86. The third-order valence-corrected chi connectivity index (χ3v) is 3.33. The van der Waals surface area contributed by atoms with E-state index in [9.17, 15) is 0 Å². The lowest BCUT2D eigenvalue weighted by Crippen LogP contribution is -1.99. The number of hydrogen-bond acceptors (Lipinski definition) is 3. The molecule has 0 amide bonds. The highest BCUT2D eigenvalue weighted by molar-refractivity contribution is 9.10. The molecule has 0 N–H and O–H groups in total. The van der Waals surface area contributed by atoms with Crippen LogP contribution in [-0.2, 0) is 11.4 Å². The zero-order chi connectivity index (χ0) is 13.5. The number of rotatable bonds is 5. The zero-order valence-corrected chi connectivity index (χ0v) is 12.1. The average molecular weight is 320 g/mol. The van der Waals surface area contributed by atoms with Crippen molar-refractivity contribution in [2.75, 3.05) is 7.11 Å². The number of ether oxygens (including phenoxy) is 1. The van der Waals surface area contributed by atoms with Gasteiger partial charge in [0.2, 0.25) is 0 Å². The van der Waals surface area contributed by atoms with Crippen LogP contribution in [-0.4, -0.2) is 13.3 Å². The fourth-order valence-corrected chi connectivity index (χ4v) is 2.00. The lowest BCUT2D eigenvalue weighted by atomic mass is 10.2. The van der Waals surface area contributed by atoms with Gasteiger partial charge >= 0.3 is 0 Å². The van der Waals surface area contributed by atoms with E-state index in [2.05, 4.69) is 25.9 Å². The zero-order valence-electron chi connectivity index (χ0n) is 10.5. The van der Waals surface area contributed by atoms with Crippen molar-refractivity contribution in [1.82, 2.24) is 0 Å². The maximum Gasteiger partial charge on any atom is 0.128 e. The Balaban J connectivity index is 2.11. The Hall–Kier alpha value is -1.81. The van der Waals surface area contributed by atoms with Crippen LogP contribution in [0.15, 0.2) is 58.2 Å². The fraction of sp³-hybridized carbons (Fsp3) is 0.133. The quantitative estimate of drug-likeness (QED) is 0.616. The molecule has 0 aliphatic rings. The number of oxime groups is 1. The van der Waals surface area contributed by atoms with E-state index in [0.29, 0.717) is 6.61 Å². The van der Waals surface area contributed by atoms with Crippen molar-refractivity contribution in [1.29, 1.82) is 0 Å². The summed E-state index contributed by atoms with van der Waals surface area (Å²) in [4.78, 5) is 4.69. The van der Waals surface area contributed by atoms with Crippen molar-refractivity contribution in [3.8, 4) is 5.75 Å². The van der Waals surface area contributed by atoms with Gasteiger partial charge in [0.1, 0.15) is 19.5 Å². The number of hydrogen-bond donors (Lipinski definition) is 0. The molecule has 0 atom stereocenters. The first-order valence-corrected chi connectivity index (χ1v) is 6.62. The van der Waals surface area contributed by atoms with Gasteiger partial charge in [-0.1, -0.05) is 51.4 Å². The molecule has 2 aromatic carbocycles. The Labute approximate surface area is 121 Å². The lowest BCUT2D eigenvalue weighted by Gasteiger charge is -2.09. The molecule has 19 heavy (non-hydrogen) atoms. The molecule has 0 radical (unpaired) electrons. The first-order chi connectivity index (χ1) is 9.31. The summed E-state index contributed by atoms with van der Waals surface area (Å²) >= 11 is 3.50. The number of benzene rings is 2. The normalized spacial score (nSPS) is 10.6. The maximum atomic E-state index is 5.82. The molecular formula is C15H14BrNO2. The first kappa shape index (κ1) is 13.6. The number of nitrogens with zero attached hydrogens (tertiary/aromatic N) is 1. The highest BCUT2D eigenvalue weighted by Gasteiger charge is 2.03. The molecule has 0 heterocycles. The third kappa shape index (κ3) is 3.83. The largest absolute Gasteiger partial charge is 0.488 e. The lowest BCUT2D eigenvalue weighted by molar-refractivity contribution is 0.215. The van der Waals surface area contributed by atoms with Crippen molar-refractivity contribution >= 4 is 22.1 Å². The Bertz CT molecular complexity index is 570. The summed E-state index contributed by atoms with van der Waals surface area (Å²) in [5.74, 6) is 0.777. The molecule has 2 rings (SSSR count). The second kappa shape index (κ2) is 6.95. The minimum Gasteiger partial charge on any atom is -0.488 e. The van der Waals surface area contributed by atoms with Gasteiger partial charge in [0.15, 0.2) is 0 Å². The van der Waals surface area contributed by atoms with Crippen molar-refractivity contribution in [2.45, 2.75) is 6.61 Å². The van der Waals surface area contributed by atoms with Crippen LogP contribution in [0.3, 0.4) is 0 Å². The van der Waals surface area contributed by atoms with Crippen molar-refractivity contribution in [3.63, 3.8) is 0 Å². The minimum atomic E-state index is 0.499. The topological polar surface area (TPSA) is 30.8 Å². The van der Waals surface area contributed by atoms with Crippen LogP contribution in [0.5, 0.6) is 5.75 Å². The highest BCUT2D eigenvalue weighted by Crippen LogP contribution is 2.21. The van der Waals surface area contributed by atoms with Crippen molar-refractivity contribution in [3.05, 3.63) is 64.1 Å². The predicted octanol–water partition coefficient (Wildman–Crippen LogP) is 4.01. The van der Waals surface area contributed by atoms with Crippen LogP contribution in [0, 0.1) is 0 Å². The van der Waals surface area contributed by atoms with E-state index in [4.69, 9.17) is 4.74 Å². The summed E-state index contributed by atoms with van der Waals surface area (Å²) in [5, 5.41) is 3.76. The van der Waals surface area contributed by atoms with E-state index in [0.717, 1.165) is 21.3 Å². The summed E-state index contributed by atoms with van der Waals surface area (Å²) in [6, 6.07) is 15.7. The molecule has 0 bridgehead atoms. The van der Waals surface area contributed by atoms with Crippen LogP contribution in [0.25, 0.3) is 0 Å². The molecule has 0 fully saturated rings. The van der Waals surface area contributed by atoms with Gasteiger partial charge in [-0.2, -0.15) is 0 Å². The Kier molecular flexibility index (Phi) is 4.98. The van der Waals surface area contributed by atoms with E-state index >= 15 is 0 Å². The first-order valence-electron chi connectivity index (χ1n) is 5.83. The molecule has 0 aromatic heterocycles. The SMILES string of the molecule is CO/N=C/c1ccccc1OCc1ccccc1Br. The molecule has 0 saturated heterocycles. The Morgan fingerprint density at radius 1 is 1.11 bits per heavy atom. The van der Waals surface area contributed by atoms with Gasteiger partial charge < -0.3 is 9.57 Å². The van der Waals surface area contributed by atoms with E-state index in [1.54, 1.807) is 6.21 Å². The molecular weight excluding hydrogens is 306 g/mol. The van der Waals surface area contributed by atoms with E-state index in [-0.39, 0.29) is 0 Å². The van der Waals surface area contributed by atoms with Gasteiger partial charge in [0.25, 0.3) is 0 Å². The molecule has 2 aromatic rings. The minimum absolute atomic E-state index is 0.499. The standard InChI is InChI=1S/C15H14BrNO2/c1-18-17-10-12-6-3-5-9-15(12)19-11-13-7-2-4-8-14(13)16/h2-10H,11H2,1H3/b17-10+. The second-order valence-corrected chi connectivity index (χ2v) is 4.69. The fourth-order valence-electron chi connectivity index (χ4n) is 1.60. The summed E-state index contributed by atoms with van der Waals surface area (Å²) in [6.45, 7) is 0.499. The van der Waals surface area contributed by atoms with Crippen LogP contribution < -0.4 is 4.74 Å². The van der Waals surface area contributed by atoms with E-state index in [1.165, 1.54) is 7.11 Å². The molecule has 0 aliphatic heterocycles. The number of para-hydroxylation sites is 1. The van der Waals surface area contributed by atoms with Gasteiger partial charge in [0, 0.05) is 15.6 Å².